The number of rotatable bonds is 2. The lowest BCUT2D eigenvalue weighted by atomic mass is 9.82. The Morgan fingerprint density at radius 1 is 0.708 bits per heavy atom. The van der Waals surface area contributed by atoms with Gasteiger partial charge in [-0.1, -0.05) is 85.0 Å². The third kappa shape index (κ3) is 1.98. The predicted molar refractivity (Wildman–Crippen MR) is 97.4 cm³/mol. The highest BCUT2D eigenvalue weighted by Crippen LogP contribution is 2.53. The summed E-state index contributed by atoms with van der Waals surface area (Å²) in [6.45, 7) is 0. The van der Waals surface area contributed by atoms with Crippen molar-refractivity contribution in [3.63, 3.8) is 0 Å². The molecule has 2 aromatic rings. The van der Waals surface area contributed by atoms with Gasteiger partial charge in [-0.15, -0.1) is 0 Å². The summed E-state index contributed by atoms with van der Waals surface area (Å²) in [5.41, 5.74) is 4.59. The van der Waals surface area contributed by atoms with Crippen LogP contribution in [-0.2, 0) is 4.79 Å². The average molecular weight is 310 g/mol. The zero-order valence-electron chi connectivity index (χ0n) is 13.3. The Bertz CT molecular complexity index is 848. The van der Waals surface area contributed by atoms with E-state index in [4.69, 9.17) is 0 Å². The molecule has 3 aliphatic carbocycles. The van der Waals surface area contributed by atoms with Gasteiger partial charge in [-0.3, -0.25) is 4.79 Å². The minimum absolute atomic E-state index is 0.129. The number of carbonyl (C=O) groups excluding carboxylic acids is 1. The first-order valence-electron chi connectivity index (χ1n) is 8.59. The number of fused-ring (bicyclic) bond motifs is 3. The van der Waals surface area contributed by atoms with Crippen molar-refractivity contribution < 1.29 is 4.79 Å². The van der Waals surface area contributed by atoms with Gasteiger partial charge in [0.25, 0.3) is 0 Å². The van der Waals surface area contributed by atoms with Gasteiger partial charge < -0.3 is 0 Å². The smallest absolute Gasteiger partial charge is 0.149 e. The number of Topliss-reactive ketones (excluding diaryl/α,β-unsaturated/α-hetero) is 1. The fraction of sp³-hybridized carbons (Fsp3) is 0.174. The molecule has 0 aliphatic heterocycles. The Balaban J connectivity index is 1.64. The molecule has 1 unspecified atom stereocenters. The molecule has 0 amide bonds. The summed E-state index contributed by atoms with van der Waals surface area (Å²) in [6, 6.07) is 16.6. The number of ketones is 1. The summed E-state index contributed by atoms with van der Waals surface area (Å²) in [5, 5.41) is 0. The molecule has 0 aromatic heterocycles. The summed E-state index contributed by atoms with van der Waals surface area (Å²) < 4.78 is 0. The molecule has 1 fully saturated rings. The number of carbonyl (C=O) groups is 1. The molecule has 0 spiro atoms. The monoisotopic (exact) mass is 310 g/mol. The normalized spacial score (nSPS) is 26.2. The molecule has 0 bridgehead atoms. The minimum atomic E-state index is -0.162. The van der Waals surface area contributed by atoms with Gasteiger partial charge in [-0.25, -0.2) is 0 Å². The Morgan fingerprint density at radius 3 is 1.75 bits per heavy atom. The highest BCUT2D eigenvalue weighted by Gasteiger charge is 2.54. The third-order valence-electron chi connectivity index (χ3n) is 5.58. The van der Waals surface area contributed by atoms with Crippen LogP contribution in [0.2, 0.25) is 0 Å². The van der Waals surface area contributed by atoms with E-state index in [1.54, 1.807) is 0 Å². The zero-order chi connectivity index (χ0) is 16.1. The van der Waals surface area contributed by atoms with Crippen molar-refractivity contribution in [1.29, 1.82) is 0 Å². The molecule has 24 heavy (non-hydrogen) atoms. The van der Waals surface area contributed by atoms with Crippen LogP contribution in [0.1, 0.15) is 28.2 Å². The number of benzene rings is 2. The van der Waals surface area contributed by atoms with Crippen molar-refractivity contribution in [2.45, 2.75) is 5.92 Å². The molecule has 5 rings (SSSR count). The molecule has 3 aliphatic rings. The first-order chi connectivity index (χ1) is 11.8. The number of hydrogen-bond donors (Lipinski definition) is 0. The first-order valence-corrected chi connectivity index (χ1v) is 8.59. The van der Waals surface area contributed by atoms with E-state index in [-0.39, 0.29) is 11.8 Å². The van der Waals surface area contributed by atoms with E-state index in [2.05, 4.69) is 60.7 Å². The predicted octanol–water partition coefficient (Wildman–Crippen LogP) is 4.86. The Hall–Kier alpha value is -2.67. The van der Waals surface area contributed by atoms with Crippen LogP contribution < -0.4 is 0 Å². The number of hydrogen-bond acceptors (Lipinski definition) is 1. The van der Waals surface area contributed by atoms with Crippen LogP contribution in [0.3, 0.4) is 0 Å². The Kier molecular flexibility index (Phi) is 2.96. The van der Waals surface area contributed by atoms with Crippen molar-refractivity contribution in [3.05, 3.63) is 95.1 Å². The Morgan fingerprint density at radius 2 is 1.21 bits per heavy atom. The van der Waals surface area contributed by atoms with Gasteiger partial charge in [-0.2, -0.15) is 0 Å². The van der Waals surface area contributed by atoms with Crippen LogP contribution in [0.5, 0.6) is 0 Å². The first kappa shape index (κ1) is 13.7. The minimum Gasteiger partial charge on any atom is -0.298 e. The zero-order valence-corrected chi connectivity index (χ0v) is 13.3. The molecule has 0 N–H and O–H groups in total. The second-order valence-electron chi connectivity index (χ2n) is 6.88. The maximum atomic E-state index is 13.5. The maximum Gasteiger partial charge on any atom is 0.149 e. The van der Waals surface area contributed by atoms with Crippen LogP contribution in [0.15, 0.2) is 72.8 Å². The molecule has 1 nitrogen and oxygen atoms in total. The lowest BCUT2D eigenvalue weighted by Gasteiger charge is -2.19. The van der Waals surface area contributed by atoms with E-state index >= 15 is 0 Å². The van der Waals surface area contributed by atoms with E-state index in [0.29, 0.717) is 17.6 Å². The van der Waals surface area contributed by atoms with Gasteiger partial charge in [0.15, 0.2) is 0 Å². The Labute approximate surface area is 142 Å². The summed E-state index contributed by atoms with van der Waals surface area (Å²) >= 11 is 0. The van der Waals surface area contributed by atoms with E-state index in [0.717, 1.165) is 22.3 Å². The molecule has 3 atom stereocenters. The molecule has 0 heterocycles. The quantitative estimate of drug-likeness (QED) is 0.774. The van der Waals surface area contributed by atoms with Crippen molar-refractivity contribution in [3.8, 4) is 0 Å². The van der Waals surface area contributed by atoms with Gasteiger partial charge in [0.05, 0.1) is 5.92 Å². The molecule has 0 saturated heterocycles. The van der Waals surface area contributed by atoms with Crippen LogP contribution >= 0.6 is 0 Å². The topological polar surface area (TPSA) is 17.1 Å². The summed E-state index contributed by atoms with van der Waals surface area (Å²) in [6.07, 6.45) is 12.8. The van der Waals surface area contributed by atoms with Crippen LogP contribution in [0.25, 0.3) is 12.2 Å². The van der Waals surface area contributed by atoms with E-state index in [1.165, 1.54) is 0 Å². The maximum absolute atomic E-state index is 13.5. The van der Waals surface area contributed by atoms with Crippen molar-refractivity contribution in [1.82, 2.24) is 0 Å². The van der Waals surface area contributed by atoms with Crippen molar-refractivity contribution in [2.24, 2.45) is 17.8 Å². The highest BCUT2D eigenvalue weighted by atomic mass is 16.1. The lowest BCUT2D eigenvalue weighted by Crippen LogP contribution is -2.18. The van der Waals surface area contributed by atoms with Gasteiger partial charge >= 0.3 is 0 Å². The standard InChI is InChI=1S/C23H18O/c24-23(22-19-11-5-6-12-20(19)22)21-17-9-3-1-7-15(17)13-14-16-8-2-4-10-18(16)21/h1-14,19-22H/t19-,20+,22?. The largest absolute Gasteiger partial charge is 0.298 e. The summed E-state index contributed by atoms with van der Waals surface area (Å²) in [7, 11) is 0. The second kappa shape index (κ2) is 5.17. The molecular formula is C23H18O. The molecule has 116 valence electrons. The average Bonchev–Trinajstić information content (AvgIpc) is 3.38. The van der Waals surface area contributed by atoms with Crippen LogP contribution in [0.4, 0.5) is 0 Å². The fourth-order valence-electron chi connectivity index (χ4n) is 4.32. The molecule has 0 radical (unpaired) electrons. The van der Waals surface area contributed by atoms with Gasteiger partial charge in [0, 0.05) is 5.92 Å². The van der Waals surface area contributed by atoms with E-state index in [9.17, 15) is 4.79 Å². The summed E-state index contributed by atoms with van der Waals surface area (Å²) in [4.78, 5) is 13.5. The molecule has 1 saturated carbocycles. The van der Waals surface area contributed by atoms with Crippen molar-refractivity contribution >= 4 is 17.9 Å². The SMILES string of the molecule is O=C(C1c2ccccc2C=Cc2ccccc21)C1[C@H]2C=CC=C[C@@H]12. The lowest BCUT2D eigenvalue weighted by molar-refractivity contribution is -0.121. The van der Waals surface area contributed by atoms with Crippen LogP contribution in [-0.4, -0.2) is 5.78 Å². The van der Waals surface area contributed by atoms with Crippen LogP contribution in [0, 0.1) is 17.8 Å². The second-order valence-corrected chi connectivity index (χ2v) is 6.88. The highest BCUT2D eigenvalue weighted by molar-refractivity contribution is 5.97. The fourth-order valence-corrected chi connectivity index (χ4v) is 4.32. The third-order valence-corrected chi connectivity index (χ3v) is 5.58. The molecule has 1 heteroatoms. The van der Waals surface area contributed by atoms with Crippen molar-refractivity contribution in [2.75, 3.05) is 0 Å². The molecular weight excluding hydrogens is 292 g/mol. The van der Waals surface area contributed by atoms with E-state index in [1.807, 2.05) is 24.3 Å². The van der Waals surface area contributed by atoms with Gasteiger partial charge in [0.1, 0.15) is 5.78 Å². The number of allylic oxidation sites excluding steroid dienone is 4. The summed E-state index contributed by atoms with van der Waals surface area (Å²) in [5.74, 6) is 1.13. The van der Waals surface area contributed by atoms with Gasteiger partial charge in [-0.05, 0) is 34.1 Å². The van der Waals surface area contributed by atoms with Gasteiger partial charge in [0.2, 0.25) is 0 Å². The molecule has 2 aromatic carbocycles. The van der Waals surface area contributed by atoms with E-state index < -0.39 is 0 Å².